The summed E-state index contributed by atoms with van der Waals surface area (Å²) in [7, 11) is 3.65. The van der Waals surface area contributed by atoms with E-state index in [4.69, 9.17) is 19.9 Å². The fourth-order valence-electron chi connectivity index (χ4n) is 6.73. The first kappa shape index (κ1) is 35.6. The predicted octanol–water partition coefficient (Wildman–Crippen LogP) is 8.55. The fourth-order valence-corrected chi connectivity index (χ4v) is 7.29. The van der Waals surface area contributed by atoms with Gasteiger partial charge >= 0.3 is 16.5 Å². The summed E-state index contributed by atoms with van der Waals surface area (Å²) in [4.78, 5) is 35.7. The van der Waals surface area contributed by atoms with Gasteiger partial charge in [-0.25, -0.2) is 4.98 Å². The van der Waals surface area contributed by atoms with Crippen molar-refractivity contribution in [1.82, 2.24) is 24.8 Å². The van der Waals surface area contributed by atoms with Crippen molar-refractivity contribution in [3.8, 4) is 0 Å². The molecule has 5 rings (SSSR count). The number of nitrogens with zero attached hydrogens (tertiary/aromatic N) is 5. The summed E-state index contributed by atoms with van der Waals surface area (Å²) in [6, 6.07) is 10.7. The summed E-state index contributed by atoms with van der Waals surface area (Å²) in [6.07, 6.45) is 5.15. The van der Waals surface area contributed by atoms with Crippen LogP contribution in [0.3, 0.4) is 0 Å². The van der Waals surface area contributed by atoms with Crippen LogP contribution < -0.4 is 9.97 Å². The Labute approximate surface area is 294 Å². The molecule has 5 heterocycles. The van der Waals surface area contributed by atoms with Gasteiger partial charge < -0.3 is 14.9 Å². The van der Waals surface area contributed by atoms with E-state index in [1.165, 1.54) is 22.3 Å². The second kappa shape index (κ2) is 14.7. The van der Waals surface area contributed by atoms with Crippen LogP contribution in [-0.4, -0.2) is 45.5 Å². The number of rotatable bonds is 9. The molecule has 2 atom stereocenters. The Bertz CT molecular complexity index is 1770. The summed E-state index contributed by atoms with van der Waals surface area (Å²) in [5, 5.41) is 1.87. The van der Waals surface area contributed by atoms with Crippen molar-refractivity contribution in [2.24, 2.45) is 0 Å². The minimum atomic E-state index is -0.474. The summed E-state index contributed by atoms with van der Waals surface area (Å²) in [5.41, 5.74) is 13.1. The summed E-state index contributed by atoms with van der Waals surface area (Å²) >= 11 is 7.26. The van der Waals surface area contributed by atoms with Crippen LogP contribution in [0.4, 0.5) is 0 Å². The zero-order valence-electron chi connectivity index (χ0n) is 27.3. The maximum atomic E-state index is 13.2. The van der Waals surface area contributed by atoms with Crippen LogP contribution in [0.25, 0.3) is 33.2 Å². The number of aromatic nitrogens is 4. The average Bonchev–Trinajstić information content (AvgIpc) is 3.64. The van der Waals surface area contributed by atoms with E-state index < -0.39 is 5.41 Å². The van der Waals surface area contributed by atoms with E-state index >= 15 is 0 Å². The zero-order chi connectivity index (χ0) is 31.8. The summed E-state index contributed by atoms with van der Waals surface area (Å²) < 4.78 is 0. The van der Waals surface area contributed by atoms with Gasteiger partial charge in [-0.1, -0.05) is 92.7 Å². The predicted molar refractivity (Wildman–Crippen MR) is 190 cm³/mol. The van der Waals surface area contributed by atoms with Crippen molar-refractivity contribution in [2.75, 3.05) is 24.8 Å². The molecular formula is C36H43Br2N5NiO. The molecule has 1 amide bonds. The molecule has 242 valence electrons. The molecular weight excluding hydrogens is 737 g/mol. The summed E-state index contributed by atoms with van der Waals surface area (Å²) in [5.74, 6) is 0.172. The van der Waals surface area contributed by atoms with E-state index in [9.17, 15) is 4.79 Å². The minimum absolute atomic E-state index is 0. The van der Waals surface area contributed by atoms with Crippen molar-refractivity contribution < 1.29 is 21.3 Å². The standard InChI is InChI=1S/C36H43Br2N5O.Ni/c1-8-27-33-17-28-21(2)15-24(39-28)16-29-22(3)25(11-9-13-37)31(40-29)18-32-26(12-10-14-38)23(4)30(41-32)19-34(42-33)36(27,5)20-35(44)43(6)7;/h15-19,27H,8-14,20H2,1-7H3;/q-2;+2. The summed E-state index contributed by atoms with van der Waals surface area (Å²) in [6.45, 7) is 10.8. The molecule has 0 saturated heterocycles. The Hall–Kier alpha value is -2.22. The number of hydrogen-bond acceptors (Lipinski definition) is 3. The van der Waals surface area contributed by atoms with Crippen LogP contribution in [0.5, 0.6) is 0 Å². The number of halogens is 2. The van der Waals surface area contributed by atoms with Gasteiger partial charge in [0.1, 0.15) is 0 Å². The number of alkyl halides is 2. The molecule has 2 unspecified atom stereocenters. The third-order valence-electron chi connectivity index (χ3n) is 9.42. The molecule has 8 bridgehead atoms. The molecule has 2 aliphatic heterocycles. The number of allylic oxidation sites excluding steroid dienone is 2. The normalized spacial score (nSPS) is 17.8. The van der Waals surface area contributed by atoms with E-state index in [1.807, 2.05) is 14.1 Å². The molecule has 3 aromatic heterocycles. The van der Waals surface area contributed by atoms with Crippen molar-refractivity contribution >= 4 is 71.0 Å². The number of amides is 1. The van der Waals surface area contributed by atoms with Gasteiger partial charge in [-0.2, -0.15) is 0 Å². The van der Waals surface area contributed by atoms with Crippen LogP contribution in [0.15, 0.2) is 30.3 Å². The van der Waals surface area contributed by atoms with Gasteiger partial charge in [-0.05, 0) is 64.0 Å². The molecule has 0 saturated carbocycles. The van der Waals surface area contributed by atoms with Gasteiger partial charge in [-0.15, -0.1) is 22.1 Å². The Kier molecular flexibility index (Phi) is 11.6. The van der Waals surface area contributed by atoms with Gasteiger partial charge in [-0.3, -0.25) is 9.78 Å². The van der Waals surface area contributed by atoms with Crippen LogP contribution >= 0.6 is 31.9 Å². The first-order chi connectivity index (χ1) is 21.0. The maximum absolute atomic E-state index is 13.2. The van der Waals surface area contributed by atoms with Gasteiger partial charge in [0.05, 0.1) is 11.4 Å². The molecule has 0 aromatic carbocycles. The maximum Gasteiger partial charge on any atom is 2.00 e. The Morgan fingerprint density at radius 2 is 1.62 bits per heavy atom. The van der Waals surface area contributed by atoms with Crippen molar-refractivity contribution in [3.63, 3.8) is 0 Å². The average molecular weight is 780 g/mol. The first-order valence-corrected chi connectivity index (χ1v) is 17.9. The van der Waals surface area contributed by atoms with Crippen LogP contribution in [0.1, 0.15) is 98.3 Å². The van der Waals surface area contributed by atoms with Crippen molar-refractivity contribution in [3.05, 3.63) is 69.8 Å². The third-order valence-corrected chi connectivity index (χ3v) is 10.5. The van der Waals surface area contributed by atoms with Crippen LogP contribution in [-0.2, 0) is 33.1 Å². The second-order valence-corrected chi connectivity index (χ2v) is 14.2. The molecule has 0 fully saturated rings. The number of fused-ring (bicyclic) bond motifs is 8. The van der Waals surface area contributed by atoms with Gasteiger partial charge in [0.25, 0.3) is 0 Å². The van der Waals surface area contributed by atoms with Gasteiger partial charge in [0.15, 0.2) is 0 Å². The molecule has 45 heavy (non-hydrogen) atoms. The molecule has 0 N–H and O–H groups in total. The largest absolute Gasteiger partial charge is 2.00 e. The van der Waals surface area contributed by atoms with Crippen LogP contribution in [0, 0.1) is 13.8 Å². The van der Waals surface area contributed by atoms with Crippen molar-refractivity contribution in [2.45, 2.75) is 84.5 Å². The Morgan fingerprint density at radius 3 is 2.29 bits per heavy atom. The van der Waals surface area contributed by atoms with Gasteiger partial charge in [0, 0.05) is 53.9 Å². The monoisotopic (exact) mass is 777 g/mol. The number of hydrogen-bond donors (Lipinski definition) is 0. The van der Waals surface area contributed by atoms with Crippen LogP contribution in [0.2, 0.25) is 0 Å². The quantitative estimate of drug-likeness (QED) is 0.161. The Balaban J connectivity index is 0.00000461. The van der Waals surface area contributed by atoms with E-state index in [-0.39, 0.29) is 28.3 Å². The molecule has 6 nitrogen and oxygen atoms in total. The van der Waals surface area contributed by atoms with E-state index in [0.717, 1.165) is 93.2 Å². The SMILES string of the molecule is CCC1c2cc3[n-]c(cc4nc(cc5[n-]c(cc(n2)C1(C)CC(=O)N(C)C)c(C)c5CCCBr)C(CCCBr)=C4C)cc3C.[Ni+2]. The minimum Gasteiger partial charge on any atom is -0.658 e. The Morgan fingerprint density at radius 1 is 0.911 bits per heavy atom. The molecule has 2 aliphatic rings. The molecule has 0 spiro atoms. The molecule has 9 heteroatoms. The number of carbonyl (C=O) groups excluding carboxylic acids is 1. The fraction of sp³-hybridized carbons (Fsp3) is 0.472. The molecule has 3 aromatic rings. The smallest absolute Gasteiger partial charge is 0.658 e. The van der Waals surface area contributed by atoms with E-state index in [0.29, 0.717) is 6.42 Å². The molecule has 0 aliphatic carbocycles. The second-order valence-electron chi connectivity index (χ2n) is 12.6. The first-order valence-electron chi connectivity index (χ1n) is 15.6. The number of carbonyl (C=O) groups is 1. The van der Waals surface area contributed by atoms with Crippen molar-refractivity contribution in [1.29, 1.82) is 0 Å². The topological polar surface area (TPSA) is 74.3 Å². The third kappa shape index (κ3) is 7.06. The van der Waals surface area contributed by atoms with E-state index in [1.54, 1.807) is 4.90 Å². The molecule has 0 radical (unpaired) electrons. The zero-order valence-corrected chi connectivity index (χ0v) is 31.5. The van der Waals surface area contributed by atoms with Gasteiger partial charge in [0.2, 0.25) is 5.91 Å². The van der Waals surface area contributed by atoms with E-state index in [2.05, 4.69) is 96.8 Å². The number of aryl methyl sites for hydroxylation is 3.